The third-order valence-corrected chi connectivity index (χ3v) is 4.58. The molecular formula is C18H19N3O4. The summed E-state index contributed by atoms with van der Waals surface area (Å²) in [6.45, 7) is 5.20. The topological polar surface area (TPSA) is 97.5 Å². The molecular weight excluding hydrogens is 322 g/mol. The summed E-state index contributed by atoms with van der Waals surface area (Å²) in [4.78, 5) is 0. The maximum absolute atomic E-state index is 11.1. The zero-order valence-electron chi connectivity index (χ0n) is 14.5. The molecule has 2 atom stereocenters. The maximum Gasteiger partial charge on any atom is 0.234 e. The van der Waals surface area contributed by atoms with E-state index in [0.717, 1.165) is 0 Å². The van der Waals surface area contributed by atoms with Gasteiger partial charge in [-0.2, -0.15) is 5.26 Å². The van der Waals surface area contributed by atoms with Crippen molar-refractivity contribution in [2.45, 2.75) is 38.1 Å². The first-order valence-corrected chi connectivity index (χ1v) is 7.78. The van der Waals surface area contributed by atoms with E-state index < -0.39 is 17.3 Å². The predicted molar refractivity (Wildman–Crippen MR) is 88.4 cm³/mol. The third-order valence-electron chi connectivity index (χ3n) is 4.58. The number of aromatic nitrogens is 2. The molecule has 1 aromatic carbocycles. The molecule has 130 valence electrons. The summed E-state index contributed by atoms with van der Waals surface area (Å²) in [6.07, 6.45) is -0.790. The number of hydrogen-bond acceptors (Lipinski definition) is 7. The van der Waals surface area contributed by atoms with Gasteiger partial charge in [-0.05, 0) is 39.0 Å². The Labute approximate surface area is 145 Å². The van der Waals surface area contributed by atoms with Crippen LogP contribution in [0.5, 0.6) is 17.5 Å². The number of aliphatic hydroxyl groups is 1. The summed E-state index contributed by atoms with van der Waals surface area (Å²) in [7, 11) is 1.50. The number of nitriles is 1. The molecule has 2 heterocycles. The van der Waals surface area contributed by atoms with Crippen LogP contribution in [0.1, 0.15) is 38.0 Å². The number of hydrogen-bond donors (Lipinski definition) is 1. The largest absolute Gasteiger partial charge is 0.484 e. The van der Waals surface area contributed by atoms with Crippen LogP contribution in [0.2, 0.25) is 0 Å². The molecule has 0 amide bonds. The van der Waals surface area contributed by atoms with Gasteiger partial charge in [0.05, 0.1) is 18.7 Å². The number of fused-ring (bicyclic) bond motifs is 1. The van der Waals surface area contributed by atoms with Gasteiger partial charge < -0.3 is 19.3 Å². The fraction of sp³-hybridized carbons (Fsp3) is 0.389. The van der Waals surface area contributed by atoms with Crippen LogP contribution in [0.25, 0.3) is 0 Å². The smallest absolute Gasteiger partial charge is 0.234 e. The van der Waals surface area contributed by atoms with E-state index in [2.05, 4.69) is 16.3 Å². The van der Waals surface area contributed by atoms with E-state index >= 15 is 0 Å². The van der Waals surface area contributed by atoms with Gasteiger partial charge in [0.15, 0.2) is 6.10 Å². The van der Waals surface area contributed by atoms with Crippen molar-refractivity contribution < 1.29 is 19.3 Å². The van der Waals surface area contributed by atoms with E-state index in [1.807, 2.05) is 0 Å². The average molecular weight is 341 g/mol. The van der Waals surface area contributed by atoms with E-state index in [-0.39, 0.29) is 5.88 Å². The number of nitrogens with zero attached hydrogens (tertiary/aromatic N) is 3. The van der Waals surface area contributed by atoms with Gasteiger partial charge in [0.2, 0.25) is 11.8 Å². The summed E-state index contributed by atoms with van der Waals surface area (Å²) in [5, 5.41) is 28.1. The van der Waals surface area contributed by atoms with Crippen molar-refractivity contribution in [3.05, 3.63) is 41.5 Å². The molecule has 3 rings (SSSR count). The molecule has 0 spiro atoms. The van der Waals surface area contributed by atoms with Gasteiger partial charge in [-0.25, -0.2) is 0 Å². The minimum atomic E-state index is -1.38. The molecule has 7 nitrogen and oxygen atoms in total. The van der Waals surface area contributed by atoms with Gasteiger partial charge in [0.25, 0.3) is 0 Å². The Hall–Kier alpha value is -2.85. The highest BCUT2D eigenvalue weighted by molar-refractivity contribution is 5.47. The minimum Gasteiger partial charge on any atom is -0.484 e. The third kappa shape index (κ3) is 2.85. The van der Waals surface area contributed by atoms with E-state index in [1.54, 1.807) is 51.1 Å². The molecule has 2 aromatic rings. The van der Waals surface area contributed by atoms with Gasteiger partial charge in [-0.3, -0.25) is 0 Å². The second-order valence-corrected chi connectivity index (χ2v) is 6.54. The first kappa shape index (κ1) is 17.0. The molecule has 2 unspecified atom stereocenters. The fourth-order valence-electron chi connectivity index (χ4n) is 2.69. The van der Waals surface area contributed by atoms with Gasteiger partial charge in [-0.15, -0.1) is 10.2 Å². The first-order chi connectivity index (χ1) is 11.8. The van der Waals surface area contributed by atoms with Crippen molar-refractivity contribution in [2.24, 2.45) is 0 Å². The minimum absolute atomic E-state index is 0.233. The average Bonchev–Trinajstić information content (AvgIpc) is 2.59. The summed E-state index contributed by atoms with van der Waals surface area (Å²) in [6, 6.07) is 10.3. The van der Waals surface area contributed by atoms with Crippen molar-refractivity contribution in [2.75, 3.05) is 7.11 Å². The van der Waals surface area contributed by atoms with Crippen LogP contribution < -0.4 is 14.2 Å². The fourth-order valence-corrected chi connectivity index (χ4v) is 2.69. The number of methoxy groups -OCH3 is 1. The van der Waals surface area contributed by atoms with E-state index in [4.69, 9.17) is 14.2 Å². The molecule has 0 saturated carbocycles. The molecule has 1 aromatic heterocycles. The lowest BCUT2D eigenvalue weighted by atomic mass is 9.77. The van der Waals surface area contributed by atoms with Crippen LogP contribution in [0.3, 0.4) is 0 Å². The van der Waals surface area contributed by atoms with Gasteiger partial charge >= 0.3 is 0 Å². The van der Waals surface area contributed by atoms with Crippen LogP contribution >= 0.6 is 0 Å². The standard InChI is InChI=1S/C18H19N3O4/c1-17(2)18(3,22)16(24-15-8-7-14(23-4)20-21-15)12-9-11(10-19)5-6-13(12)25-17/h5-9,16,22H,1-4H3. The first-order valence-electron chi connectivity index (χ1n) is 7.78. The van der Waals surface area contributed by atoms with Crippen molar-refractivity contribution in [3.63, 3.8) is 0 Å². The SMILES string of the molecule is COc1ccc(OC2c3cc(C#N)ccc3OC(C)(C)C2(C)O)nn1. The van der Waals surface area contributed by atoms with Crippen LogP contribution in [0.4, 0.5) is 0 Å². The summed E-state index contributed by atoms with van der Waals surface area (Å²) in [5.41, 5.74) is -1.26. The van der Waals surface area contributed by atoms with Crippen molar-refractivity contribution in [3.8, 4) is 23.6 Å². The summed E-state index contributed by atoms with van der Waals surface area (Å²) in [5.74, 6) is 1.15. The summed E-state index contributed by atoms with van der Waals surface area (Å²) >= 11 is 0. The van der Waals surface area contributed by atoms with Crippen LogP contribution in [-0.2, 0) is 0 Å². The second-order valence-electron chi connectivity index (χ2n) is 6.54. The lowest BCUT2D eigenvalue weighted by molar-refractivity contribution is -0.175. The Kier molecular flexibility index (Phi) is 4.01. The van der Waals surface area contributed by atoms with Gasteiger partial charge in [0.1, 0.15) is 17.0 Å². The molecule has 1 N–H and O–H groups in total. The Morgan fingerprint density at radius 2 is 1.84 bits per heavy atom. The Morgan fingerprint density at radius 3 is 2.44 bits per heavy atom. The zero-order chi connectivity index (χ0) is 18.2. The maximum atomic E-state index is 11.1. The Balaban J connectivity index is 2.06. The quantitative estimate of drug-likeness (QED) is 0.915. The second kappa shape index (κ2) is 5.90. The molecule has 0 fully saturated rings. The number of benzene rings is 1. The number of rotatable bonds is 3. The Bertz CT molecular complexity index is 825. The highest BCUT2D eigenvalue weighted by atomic mass is 16.6. The van der Waals surface area contributed by atoms with E-state index in [1.165, 1.54) is 7.11 Å². The molecule has 25 heavy (non-hydrogen) atoms. The van der Waals surface area contributed by atoms with E-state index in [0.29, 0.717) is 22.8 Å². The monoisotopic (exact) mass is 341 g/mol. The van der Waals surface area contributed by atoms with Crippen LogP contribution in [-0.4, -0.2) is 33.6 Å². The Morgan fingerprint density at radius 1 is 1.16 bits per heavy atom. The van der Waals surface area contributed by atoms with Crippen molar-refractivity contribution in [1.82, 2.24) is 10.2 Å². The van der Waals surface area contributed by atoms with Crippen LogP contribution in [0.15, 0.2) is 30.3 Å². The summed E-state index contributed by atoms with van der Waals surface area (Å²) < 4.78 is 16.9. The molecule has 0 radical (unpaired) electrons. The van der Waals surface area contributed by atoms with Gasteiger partial charge in [-0.1, -0.05) is 0 Å². The molecule has 0 aliphatic carbocycles. The molecule has 0 saturated heterocycles. The lowest BCUT2D eigenvalue weighted by Crippen LogP contribution is -2.59. The predicted octanol–water partition coefficient (Wildman–Crippen LogP) is 2.40. The van der Waals surface area contributed by atoms with Crippen LogP contribution in [0, 0.1) is 11.3 Å². The molecule has 0 bridgehead atoms. The highest BCUT2D eigenvalue weighted by Gasteiger charge is 2.54. The molecule has 1 aliphatic heterocycles. The van der Waals surface area contributed by atoms with E-state index in [9.17, 15) is 10.4 Å². The van der Waals surface area contributed by atoms with Crippen molar-refractivity contribution >= 4 is 0 Å². The number of ether oxygens (including phenoxy) is 3. The molecule has 1 aliphatic rings. The lowest BCUT2D eigenvalue weighted by Gasteiger charge is -2.48. The van der Waals surface area contributed by atoms with Gasteiger partial charge in [0, 0.05) is 17.7 Å². The highest BCUT2D eigenvalue weighted by Crippen LogP contribution is 2.48. The van der Waals surface area contributed by atoms with Crippen molar-refractivity contribution in [1.29, 1.82) is 5.26 Å². The normalized spacial score (nSPS) is 23.8. The molecule has 7 heteroatoms. The zero-order valence-corrected chi connectivity index (χ0v) is 14.5.